The van der Waals surface area contributed by atoms with Gasteiger partial charge in [0.05, 0.1) is 13.2 Å². The third-order valence-corrected chi connectivity index (χ3v) is 3.11. The smallest absolute Gasteiger partial charge is 0.161 e. The van der Waals surface area contributed by atoms with Crippen LogP contribution in [0.4, 0.5) is 0 Å². The van der Waals surface area contributed by atoms with E-state index >= 15 is 0 Å². The number of hydrogen-bond donors (Lipinski definition) is 1. The predicted molar refractivity (Wildman–Crippen MR) is 92.2 cm³/mol. The number of ether oxygens (including phenoxy) is 4. The fourth-order valence-electron chi connectivity index (χ4n) is 2.05. The van der Waals surface area contributed by atoms with E-state index in [1.165, 1.54) is 0 Å². The molecule has 0 saturated carbocycles. The molecule has 0 saturated heterocycles. The van der Waals surface area contributed by atoms with Gasteiger partial charge in [0.15, 0.2) is 23.0 Å². The van der Waals surface area contributed by atoms with Crippen LogP contribution in [-0.4, -0.2) is 38.1 Å². The minimum absolute atomic E-state index is 0.0357. The minimum Gasteiger partial charge on any atom is -0.490 e. The first-order valence-corrected chi connectivity index (χ1v) is 8.15. The van der Waals surface area contributed by atoms with Gasteiger partial charge in [0.25, 0.3) is 0 Å². The second kappa shape index (κ2) is 10.4. The molecule has 0 spiro atoms. The van der Waals surface area contributed by atoms with E-state index in [2.05, 4.69) is 6.92 Å². The average Bonchev–Trinajstić information content (AvgIpc) is 2.63. The fourth-order valence-corrected chi connectivity index (χ4v) is 2.05. The first-order valence-electron chi connectivity index (χ1n) is 8.15. The first-order chi connectivity index (χ1) is 11.8. The molecule has 5 nitrogen and oxygen atoms in total. The molecular weight excluding hydrogens is 308 g/mol. The number of aliphatic hydroxyl groups is 1. The Balaban J connectivity index is 1.83. The lowest BCUT2D eigenvalue weighted by molar-refractivity contribution is 0.181. The molecule has 0 radical (unpaired) electrons. The van der Waals surface area contributed by atoms with Gasteiger partial charge in [0.2, 0.25) is 0 Å². The van der Waals surface area contributed by atoms with E-state index in [9.17, 15) is 0 Å². The Hall–Kier alpha value is -2.40. The molecule has 0 heterocycles. The van der Waals surface area contributed by atoms with Crippen LogP contribution in [0.1, 0.15) is 13.3 Å². The molecule has 1 N–H and O–H groups in total. The normalized spacial score (nSPS) is 10.2. The van der Waals surface area contributed by atoms with E-state index < -0.39 is 0 Å². The Labute approximate surface area is 142 Å². The summed E-state index contributed by atoms with van der Waals surface area (Å²) in [6, 6.07) is 15.0. The van der Waals surface area contributed by atoms with Crippen LogP contribution in [0.5, 0.6) is 23.0 Å². The highest BCUT2D eigenvalue weighted by Crippen LogP contribution is 2.28. The molecule has 0 aliphatic heterocycles. The second-order valence-corrected chi connectivity index (χ2v) is 5.01. The third-order valence-electron chi connectivity index (χ3n) is 3.11. The van der Waals surface area contributed by atoms with Gasteiger partial charge in [-0.2, -0.15) is 0 Å². The standard InChI is InChI=1S/C19H24O5/c1-2-12-21-16-7-3-5-9-18(16)23-14-15-24-19-10-6-4-8-17(19)22-13-11-20/h3-10,20H,2,11-15H2,1H3. The Morgan fingerprint density at radius 3 is 1.38 bits per heavy atom. The molecule has 0 bridgehead atoms. The SMILES string of the molecule is CCCOc1ccccc1OCCOc1ccccc1OCCO. The number of rotatable bonds is 11. The van der Waals surface area contributed by atoms with Crippen molar-refractivity contribution < 1.29 is 24.1 Å². The molecule has 0 fully saturated rings. The van der Waals surface area contributed by atoms with Gasteiger partial charge < -0.3 is 24.1 Å². The molecule has 0 atom stereocenters. The summed E-state index contributed by atoms with van der Waals surface area (Å²) in [6.07, 6.45) is 0.946. The molecule has 24 heavy (non-hydrogen) atoms. The van der Waals surface area contributed by atoms with Gasteiger partial charge in [-0.05, 0) is 30.7 Å². The van der Waals surface area contributed by atoms with E-state index in [0.717, 1.165) is 12.2 Å². The van der Waals surface area contributed by atoms with Crippen LogP contribution in [0, 0.1) is 0 Å². The number of para-hydroxylation sites is 4. The Bertz CT molecular complexity index is 546. The fraction of sp³-hybridized carbons (Fsp3) is 0.368. The van der Waals surface area contributed by atoms with Crippen LogP contribution in [0.15, 0.2) is 48.5 Å². The highest BCUT2D eigenvalue weighted by molar-refractivity contribution is 5.40. The molecule has 2 aromatic carbocycles. The van der Waals surface area contributed by atoms with Crippen LogP contribution in [0.3, 0.4) is 0 Å². The van der Waals surface area contributed by atoms with Gasteiger partial charge >= 0.3 is 0 Å². The maximum atomic E-state index is 8.85. The monoisotopic (exact) mass is 332 g/mol. The second-order valence-electron chi connectivity index (χ2n) is 5.01. The summed E-state index contributed by atoms with van der Waals surface area (Å²) in [4.78, 5) is 0. The van der Waals surface area contributed by atoms with Crippen LogP contribution in [-0.2, 0) is 0 Å². The molecule has 5 heteroatoms. The average molecular weight is 332 g/mol. The van der Waals surface area contributed by atoms with Crippen LogP contribution >= 0.6 is 0 Å². The highest BCUT2D eigenvalue weighted by atomic mass is 16.6. The van der Waals surface area contributed by atoms with Gasteiger partial charge in [-0.15, -0.1) is 0 Å². The zero-order valence-electron chi connectivity index (χ0n) is 13.9. The summed E-state index contributed by atoms with van der Waals surface area (Å²) in [5, 5.41) is 8.85. The van der Waals surface area contributed by atoms with E-state index in [-0.39, 0.29) is 13.2 Å². The molecule has 130 valence electrons. The molecule has 0 aliphatic carbocycles. The van der Waals surface area contributed by atoms with Gasteiger partial charge in [-0.3, -0.25) is 0 Å². The van der Waals surface area contributed by atoms with E-state index in [1.54, 1.807) is 6.07 Å². The Morgan fingerprint density at radius 2 is 1.00 bits per heavy atom. The summed E-state index contributed by atoms with van der Waals surface area (Å²) in [6.45, 7) is 3.69. The Morgan fingerprint density at radius 1 is 0.625 bits per heavy atom. The Kier molecular flexibility index (Phi) is 7.77. The summed E-state index contributed by atoms with van der Waals surface area (Å²) in [5.74, 6) is 2.69. The lowest BCUT2D eigenvalue weighted by Crippen LogP contribution is -2.11. The lowest BCUT2D eigenvalue weighted by Gasteiger charge is -2.14. The zero-order chi connectivity index (χ0) is 17.0. The molecule has 2 rings (SSSR count). The van der Waals surface area contributed by atoms with Crippen molar-refractivity contribution in [2.75, 3.05) is 33.0 Å². The van der Waals surface area contributed by atoms with Crippen LogP contribution in [0.2, 0.25) is 0 Å². The summed E-state index contributed by atoms with van der Waals surface area (Å²) in [5.41, 5.74) is 0. The number of benzene rings is 2. The van der Waals surface area contributed by atoms with Crippen molar-refractivity contribution in [3.05, 3.63) is 48.5 Å². The third kappa shape index (κ3) is 5.66. The van der Waals surface area contributed by atoms with Gasteiger partial charge in [0.1, 0.15) is 19.8 Å². The van der Waals surface area contributed by atoms with E-state index in [1.807, 2.05) is 42.5 Å². The van der Waals surface area contributed by atoms with Crippen molar-refractivity contribution in [3.63, 3.8) is 0 Å². The minimum atomic E-state index is -0.0357. The van der Waals surface area contributed by atoms with Crippen molar-refractivity contribution in [3.8, 4) is 23.0 Å². The lowest BCUT2D eigenvalue weighted by atomic mass is 10.3. The molecule has 0 unspecified atom stereocenters. The molecule has 0 aliphatic rings. The quantitative estimate of drug-likeness (QED) is 0.640. The highest BCUT2D eigenvalue weighted by Gasteiger charge is 2.06. The summed E-state index contributed by atoms with van der Waals surface area (Å²) in [7, 11) is 0. The maximum absolute atomic E-state index is 8.85. The van der Waals surface area contributed by atoms with Crippen LogP contribution < -0.4 is 18.9 Å². The van der Waals surface area contributed by atoms with Crippen molar-refractivity contribution in [1.82, 2.24) is 0 Å². The zero-order valence-corrected chi connectivity index (χ0v) is 13.9. The first kappa shape index (κ1) is 17.9. The summed E-state index contributed by atoms with van der Waals surface area (Å²) >= 11 is 0. The maximum Gasteiger partial charge on any atom is 0.161 e. The number of hydrogen-bond acceptors (Lipinski definition) is 5. The molecular formula is C19H24O5. The van der Waals surface area contributed by atoms with Crippen molar-refractivity contribution in [1.29, 1.82) is 0 Å². The van der Waals surface area contributed by atoms with Crippen molar-refractivity contribution in [2.45, 2.75) is 13.3 Å². The van der Waals surface area contributed by atoms with E-state index in [4.69, 9.17) is 24.1 Å². The molecule has 0 aromatic heterocycles. The van der Waals surface area contributed by atoms with E-state index in [0.29, 0.717) is 37.1 Å². The predicted octanol–water partition coefficient (Wildman–Crippen LogP) is 3.30. The van der Waals surface area contributed by atoms with Gasteiger partial charge in [-0.1, -0.05) is 31.2 Å². The molecule has 0 amide bonds. The molecule has 2 aromatic rings. The topological polar surface area (TPSA) is 57.2 Å². The summed E-state index contributed by atoms with van der Waals surface area (Å²) < 4.78 is 22.5. The van der Waals surface area contributed by atoms with Gasteiger partial charge in [0, 0.05) is 0 Å². The van der Waals surface area contributed by atoms with Crippen molar-refractivity contribution in [2.24, 2.45) is 0 Å². The number of aliphatic hydroxyl groups excluding tert-OH is 1. The van der Waals surface area contributed by atoms with Gasteiger partial charge in [-0.25, -0.2) is 0 Å². The van der Waals surface area contributed by atoms with Crippen LogP contribution in [0.25, 0.3) is 0 Å². The van der Waals surface area contributed by atoms with Crippen molar-refractivity contribution >= 4 is 0 Å². The largest absolute Gasteiger partial charge is 0.490 e.